The zero-order valence-corrected chi connectivity index (χ0v) is 18.9. The van der Waals surface area contributed by atoms with Crippen LogP contribution < -0.4 is 10.0 Å². The van der Waals surface area contributed by atoms with E-state index in [2.05, 4.69) is 20.4 Å². The molecular weight excluding hydrogens is 476 g/mol. The van der Waals surface area contributed by atoms with Crippen LogP contribution >= 0.6 is 0 Å². The van der Waals surface area contributed by atoms with Gasteiger partial charge in [0.05, 0.1) is 29.6 Å². The summed E-state index contributed by atoms with van der Waals surface area (Å²) in [7, 11) is -3.76. The molecule has 13 heteroatoms. The van der Waals surface area contributed by atoms with Crippen molar-refractivity contribution in [2.75, 3.05) is 0 Å². The summed E-state index contributed by atoms with van der Waals surface area (Å²) in [6, 6.07) is 11.3. The number of imide groups is 2. The molecule has 2 aromatic carbocycles. The van der Waals surface area contributed by atoms with Gasteiger partial charge in [0.1, 0.15) is 11.7 Å². The molecule has 3 aromatic rings. The molecule has 5 rings (SSSR count). The first-order valence-corrected chi connectivity index (χ1v) is 12.1. The minimum atomic E-state index is -3.76. The van der Waals surface area contributed by atoms with Gasteiger partial charge in [-0.05, 0) is 30.7 Å². The van der Waals surface area contributed by atoms with E-state index in [-0.39, 0.29) is 46.8 Å². The van der Waals surface area contributed by atoms with Crippen LogP contribution in [0.5, 0.6) is 0 Å². The number of hydrogen-bond acceptors (Lipinski definition) is 8. The summed E-state index contributed by atoms with van der Waals surface area (Å²) in [5.74, 6) is -2.48. The molecule has 2 N–H and O–H groups in total. The van der Waals surface area contributed by atoms with Gasteiger partial charge < -0.3 is 4.55 Å². The lowest BCUT2D eigenvalue weighted by Crippen LogP contribution is -2.54. The van der Waals surface area contributed by atoms with Crippen LogP contribution in [0.25, 0.3) is 5.69 Å². The fraction of sp³-hybridized carbons (Fsp3) is 0.182. The summed E-state index contributed by atoms with van der Waals surface area (Å²) < 4.78 is 28.6. The summed E-state index contributed by atoms with van der Waals surface area (Å²) >= 11 is 0. The van der Waals surface area contributed by atoms with Gasteiger partial charge in [-0.25, -0.2) is 4.68 Å². The van der Waals surface area contributed by atoms with Crippen molar-refractivity contribution in [3.8, 4) is 5.69 Å². The normalized spacial score (nSPS) is 19.5. The first-order chi connectivity index (χ1) is 16.8. The Labute approximate surface area is 199 Å². The zero-order chi connectivity index (χ0) is 24.7. The Morgan fingerprint density at radius 1 is 1.06 bits per heavy atom. The molecule has 12 nitrogen and oxygen atoms in total. The first-order valence-electron chi connectivity index (χ1n) is 10.6. The van der Waals surface area contributed by atoms with Crippen LogP contribution in [-0.2, 0) is 30.7 Å². The van der Waals surface area contributed by atoms with Crippen molar-refractivity contribution < 1.29 is 27.9 Å². The van der Waals surface area contributed by atoms with Gasteiger partial charge in [-0.2, -0.15) is 0 Å². The molecule has 1 aromatic heterocycles. The van der Waals surface area contributed by atoms with Crippen LogP contribution in [-0.4, -0.2) is 54.1 Å². The molecule has 0 radical (unpaired) electrons. The summed E-state index contributed by atoms with van der Waals surface area (Å²) in [5.41, 5.74) is 0.670. The molecule has 2 unspecified atom stereocenters. The molecule has 0 spiro atoms. The van der Waals surface area contributed by atoms with Gasteiger partial charge in [0.2, 0.25) is 11.8 Å². The smallest absolute Gasteiger partial charge is 0.264 e. The number of rotatable bonds is 6. The number of sulfonamides is 1. The fourth-order valence-electron chi connectivity index (χ4n) is 4.04. The van der Waals surface area contributed by atoms with Crippen LogP contribution in [0, 0.1) is 0 Å². The van der Waals surface area contributed by atoms with E-state index in [1.165, 1.54) is 29.1 Å². The maximum Gasteiger partial charge on any atom is 0.264 e. The van der Waals surface area contributed by atoms with E-state index in [9.17, 15) is 27.9 Å². The quantitative estimate of drug-likeness (QED) is 0.366. The number of hydrogen-bond donors (Lipinski definition) is 2. The highest BCUT2D eigenvalue weighted by Gasteiger charge is 2.45. The molecular formula is C22H18N6O6S. The number of amides is 4. The zero-order valence-electron chi connectivity index (χ0n) is 18.0. The molecule has 2 aliphatic heterocycles. The van der Waals surface area contributed by atoms with E-state index in [1.807, 2.05) is 0 Å². The molecule has 1 saturated heterocycles. The average Bonchev–Trinajstić information content (AvgIpc) is 3.42. The lowest BCUT2D eigenvalue weighted by molar-refractivity contribution is -0.136. The van der Waals surface area contributed by atoms with Crippen molar-refractivity contribution in [3.63, 3.8) is 0 Å². The van der Waals surface area contributed by atoms with Crippen LogP contribution in [0.2, 0.25) is 0 Å². The van der Waals surface area contributed by atoms with Crippen molar-refractivity contribution in [1.29, 1.82) is 0 Å². The van der Waals surface area contributed by atoms with Crippen molar-refractivity contribution in [1.82, 2.24) is 29.9 Å². The van der Waals surface area contributed by atoms with E-state index < -0.39 is 40.1 Å². The summed E-state index contributed by atoms with van der Waals surface area (Å²) in [4.78, 5) is 50.9. The Balaban J connectivity index is 1.39. The van der Waals surface area contributed by atoms with E-state index in [0.29, 0.717) is 0 Å². The third-order valence-electron chi connectivity index (χ3n) is 5.73. The Bertz CT molecular complexity index is 1420. The number of nitrogens with one attached hydrogen (secondary N) is 2. The van der Waals surface area contributed by atoms with E-state index in [0.717, 1.165) is 4.90 Å². The number of piperidine rings is 1. The molecule has 0 saturated carbocycles. The van der Waals surface area contributed by atoms with Crippen LogP contribution in [0.4, 0.5) is 0 Å². The number of carbonyl (C=O) groups excluding carboxylic acids is 4. The van der Waals surface area contributed by atoms with Gasteiger partial charge in [-0.15, -0.1) is 9.82 Å². The molecule has 0 bridgehead atoms. The third kappa shape index (κ3) is 4.05. The Hall–Kier alpha value is -4.07. The van der Waals surface area contributed by atoms with Crippen molar-refractivity contribution >= 4 is 34.0 Å². The number of benzene rings is 2. The van der Waals surface area contributed by atoms with Gasteiger partial charge in [-0.3, -0.25) is 29.4 Å². The largest absolute Gasteiger partial charge is 0.593 e. The minimum absolute atomic E-state index is 0.0159. The van der Waals surface area contributed by atoms with Gasteiger partial charge in [-0.1, -0.05) is 33.7 Å². The Morgan fingerprint density at radius 2 is 1.83 bits per heavy atom. The fourth-order valence-corrected chi connectivity index (χ4v) is 5.06. The Morgan fingerprint density at radius 3 is 2.57 bits per heavy atom. The van der Waals surface area contributed by atoms with E-state index in [1.54, 1.807) is 30.3 Å². The monoisotopic (exact) mass is 494 g/mol. The van der Waals surface area contributed by atoms with Crippen molar-refractivity contribution in [3.05, 3.63) is 71.5 Å². The highest BCUT2D eigenvalue weighted by atomic mass is 32.3. The van der Waals surface area contributed by atoms with Crippen LogP contribution in [0.1, 0.15) is 39.3 Å². The Kier molecular flexibility index (Phi) is 5.59. The second-order valence-corrected chi connectivity index (χ2v) is 9.71. The number of fused-ring (bicyclic) bond motifs is 1. The third-order valence-corrected chi connectivity index (χ3v) is 7.15. The lowest BCUT2D eigenvalue weighted by Gasteiger charge is -2.27. The molecule has 2 aliphatic rings. The highest BCUT2D eigenvalue weighted by molar-refractivity contribution is 7.95. The minimum Gasteiger partial charge on any atom is -0.593 e. The topological polar surface area (TPSA) is 166 Å². The molecule has 1 fully saturated rings. The van der Waals surface area contributed by atoms with E-state index >= 15 is 0 Å². The van der Waals surface area contributed by atoms with Crippen LogP contribution in [0.15, 0.2) is 59.6 Å². The predicted molar refractivity (Wildman–Crippen MR) is 118 cm³/mol. The standard InChI is InChI=1S/C22H18N6O6S/c29-18-10-9-17(20(30)24-18)28-21(31)15-7-4-8-16(19(15)22(28)32)27-12-13(25-26-27)11-23-35(33,34)14-5-2-1-3-6-14/h1-8,12,17H,9-11H2,(H2-,23,24,29,30,33,34). The summed E-state index contributed by atoms with van der Waals surface area (Å²) in [6.07, 6.45) is 1.50. The summed E-state index contributed by atoms with van der Waals surface area (Å²) in [5, 5.41) is 10.1. The SMILES string of the molecule is O=C1CCC(N2C(=O)c3cccc(-n4cc(CN[S+](=O)([O-])c5ccccc5)nn4)c3C2=O)C(=O)N1. The average molecular weight is 494 g/mol. The molecule has 2 atom stereocenters. The second-order valence-electron chi connectivity index (χ2n) is 7.94. The maximum atomic E-state index is 13.2. The maximum absolute atomic E-state index is 13.2. The predicted octanol–water partition coefficient (Wildman–Crippen LogP) is 0.362. The molecule has 4 amide bonds. The summed E-state index contributed by atoms with van der Waals surface area (Å²) in [6.45, 7) is -0.151. The number of nitrogens with zero attached hydrogens (tertiary/aromatic N) is 4. The van der Waals surface area contributed by atoms with Gasteiger partial charge in [0, 0.05) is 6.42 Å². The van der Waals surface area contributed by atoms with Gasteiger partial charge in [0.25, 0.3) is 11.8 Å². The molecule has 35 heavy (non-hydrogen) atoms. The van der Waals surface area contributed by atoms with Gasteiger partial charge in [0.15, 0.2) is 15.3 Å². The molecule has 178 valence electrons. The lowest BCUT2D eigenvalue weighted by atomic mass is 10.0. The second kappa shape index (κ2) is 8.61. The van der Waals surface area contributed by atoms with Crippen molar-refractivity contribution in [2.45, 2.75) is 30.3 Å². The highest BCUT2D eigenvalue weighted by Crippen LogP contribution is 2.31. The molecule has 3 heterocycles. The van der Waals surface area contributed by atoms with E-state index in [4.69, 9.17) is 0 Å². The van der Waals surface area contributed by atoms with Gasteiger partial charge >= 0.3 is 0 Å². The number of aromatic nitrogens is 3. The molecule has 0 aliphatic carbocycles. The van der Waals surface area contributed by atoms with Crippen molar-refractivity contribution in [2.24, 2.45) is 0 Å². The number of carbonyl (C=O) groups is 4. The van der Waals surface area contributed by atoms with Crippen LogP contribution in [0.3, 0.4) is 0 Å². The first kappa shape index (κ1) is 22.7.